The first-order chi connectivity index (χ1) is 8.05. The molecule has 2 rings (SSSR count). The van der Waals surface area contributed by atoms with Gasteiger partial charge in [-0.25, -0.2) is 4.39 Å². The lowest BCUT2D eigenvalue weighted by Crippen LogP contribution is -2.38. The van der Waals surface area contributed by atoms with Crippen molar-refractivity contribution < 1.29 is 14.2 Å². The van der Waals surface area contributed by atoms with E-state index in [2.05, 4.69) is 0 Å². The van der Waals surface area contributed by atoms with E-state index in [0.29, 0.717) is 30.6 Å². The summed E-state index contributed by atoms with van der Waals surface area (Å²) in [6.07, 6.45) is 2.02. The topological polar surface area (TPSA) is 29.5 Å². The highest BCUT2D eigenvalue weighted by Gasteiger charge is 2.36. The van der Waals surface area contributed by atoms with Crippen molar-refractivity contribution in [2.24, 2.45) is 0 Å². The van der Waals surface area contributed by atoms with Gasteiger partial charge in [0.25, 0.3) is 0 Å². The van der Waals surface area contributed by atoms with Crippen molar-refractivity contribution in [3.8, 4) is 0 Å². The zero-order chi connectivity index (χ0) is 12.5. The van der Waals surface area contributed by atoms with Gasteiger partial charge in [-0.05, 0) is 30.5 Å². The van der Waals surface area contributed by atoms with Gasteiger partial charge in [-0.2, -0.15) is 0 Å². The van der Waals surface area contributed by atoms with Crippen LogP contribution in [0.3, 0.4) is 0 Å². The van der Waals surface area contributed by atoms with Crippen molar-refractivity contribution in [3.63, 3.8) is 0 Å². The molecular weight excluding hydrogens is 219 g/mol. The Labute approximate surface area is 101 Å². The fourth-order valence-electron chi connectivity index (χ4n) is 2.34. The minimum absolute atomic E-state index is 0.0677. The van der Waals surface area contributed by atoms with Gasteiger partial charge in [0.2, 0.25) is 0 Å². The molecule has 1 fully saturated rings. The molecule has 17 heavy (non-hydrogen) atoms. The molecule has 94 valence electrons. The van der Waals surface area contributed by atoms with E-state index in [4.69, 9.17) is 4.74 Å². The van der Waals surface area contributed by atoms with Crippen LogP contribution < -0.4 is 0 Å². The average Bonchev–Trinajstić information content (AvgIpc) is 2.32. The molecule has 0 aromatic heterocycles. The third-order valence-corrected chi connectivity index (χ3v) is 3.60. The van der Waals surface area contributed by atoms with Crippen molar-refractivity contribution >= 4 is 0 Å². The average molecular weight is 238 g/mol. The molecule has 0 amide bonds. The number of hydrogen-bond donors (Lipinski definition) is 1. The molecule has 1 heterocycles. The predicted molar refractivity (Wildman–Crippen MR) is 64.3 cm³/mol. The summed E-state index contributed by atoms with van der Waals surface area (Å²) >= 11 is 0. The van der Waals surface area contributed by atoms with Crippen LogP contribution in [0, 0.1) is 12.7 Å². The van der Waals surface area contributed by atoms with E-state index in [-0.39, 0.29) is 11.9 Å². The number of aliphatic hydroxyl groups is 1. The summed E-state index contributed by atoms with van der Waals surface area (Å²) in [4.78, 5) is 0. The second-order valence-electron chi connectivity index (χ2n) is 4.85. The van der Waals surface area contributed by atoms with Crippen LogP contribution in [0.1, 0.15) is 37.3 Å². The summed E-state index contributed by atoms with van der Waals surface area (Å²) in [6, 6.07) is 4.99. The van der Waals surface area contributed by atoms with Gasteiger partial charge in [0, 0.05) is 12.8 Å². The fourth-order valence-corrected chi connectivity index (χ4v) is 2.34. The molecule has 1 N–H and O–H groups in total. The maximum Gasteiger partial charge on any atom is 0.126 e. The van der Waals surface area contributed by atoms with Gasteiger partial charge in [0.15, 0.2) is 0 Å². The Balaban J connectivity index is 2.27. The van der Waals surface area contributed by atoms with E-state index in [1.165, 1.54) is 6.07 Å². The van der Waals surface area contributed by atoms with E-state index in [9.17, 15) is 9.50 Å². The SMILES string of the molecule is CCC1CC(O)(c2ccc(C)c(F)c2)CCO1. The lowest BCUT2D eigenvalue weighted by Gasteiger charge is -2.37. The fraction of sp³-hybridized carbons (Fsp3) is 0.571. The van der Waals surface area contributed by atoms with Crippen LogP contribution in [-0.2, 0) is 10.3 Å². The van der Waals surface area contributed by atoms with E-state index in [1.54, 1.807) is 13.0 Å². The minimum Gasteiger partial charge on any atom is -0.385 e. The lowest BCUT2D eigenvalue weighted by molar-refractivity contribution is -0.108. The zero-order valence-corrected chi connectivity index (χ0v) is 10.4. The maximum absolute atomic E-state index is 13.5. The van der Waals surface area contributed by atoms with Crippen LogP contribution in [0.15, 0.2) is 18.2 Å². The largest absolute Gasteiger partial charge is 0.385 e. The van der Waals surface area contributed by atoms with Crippen LogP contribution in [0.5, 0.6) is 0 Å². The summed E-state index contributed by atoms with van der Waals surface area (Å²) < 4.78 is 19.1. The van der Waals surface area contributed by atoms with Crippen molar-refractivity contribution in [1.82, 2.24) is 0 Å². The van der Waals surface area contributed by atoms with E-state index < -0.39 is 5.60 Å². The van der Waals surface area contributed by atoms with E-state index in [0.717, 1.165) is 6.42 Å². The Kier molecular flexibility index (Phi) is 3.50. The highest BCUT2D eigenvalue weighted by molar-refractivity contribution is 5.28. The second-order valence-corrected chi connectivity index (χ2v) is 4.85. The van der Waals surface area contributed by atoms with Gasteiger partial charge in [0.1, 0.15) is 5.82 Å². The molecule has 1 aromatic carbocycles. The van der Waals surface area contributed by atoms with E-state index in [1.807, 2.05) is 13.0 Å². The quantitative estimate of drug-likeness (QED) is 0.858. The standard InChI is InChI=1S/C14H19FO2/c1-3-12-9-14(16,6-7-17-12)11-5-4-10(2)13(15)8-11/h4-5,8,12,16H,3,6-7,9H2,1-2H3. The van der Waals surface area contributed by atoms with E-state index >= 15 is 0 Å². The highest BCUT2D eigenvalue weighted by atomic mass is 19.1. The molecule has 2 unspecified atom stereocenters. The van der Waals surface area contributed by atoms with Crippen LogP contribution in [0.2, 0.25) is 0 Å². The Morgan fingerprint density at radius 1 is 1.53 bits per heavy atom. The maximum atomic E-state index is 13.5. The predicted octanol–water partition coefficient (Wildman–Crippen LogP) is 2.91. The molecule has 0 radical (unpaired) electrons. The van der Waals surface area contributed by atoms with Crippen molar-refractivity contribution in [2.75, 3.05) is 6.61 Å². The number of benzene rings is 1. The van der Waals surface area contributed by atoms with Crippen LogP contribution in [0.4, 0.5) is 4.39 Å². The summed E-state index contributed by atoms with van der Waals surface area (Å²) in [5.74, 6) is -0.254. The number of hydrogen-bond acceptors (Lipinski definition) is 2. The van der Waals surface area contributed by atoms with Gasteiger partial charge in [-0.3, -0.25) is 0 Å². The second kappa shape index (κ2) is 4.75. The normalized spacial score (nSPS) is 29.3. The summed E-state index contributed by atoms with van der Waals surface area (Å²) in [6.45, 7) is 4.29. The number of rotatable bonds is 2. The van der Waals surface area contributed by atoms with Gasteiger partial charge in [-0.1, -0.05) is 19.1 Å². The lowest BCUT2D eigenvalue weighted by atomic mass is 9.83. The molecule has 2 atom stereocenters. The van der Waals surface area contributed by atoms with Crippen LogP contribution in [-0.4, -0.2) is 17.8 Å². The van der Waals surface area contributed by atoms with Gasteiger partial charge in [-0.15, -0.1) is 0 Å². The number of ether oxygens (including phenoxy) is 1. The molecule has 1 aliphatic rings. The monoisotopic (exact) mass is 238 g/mol. The number of aryl methyl sites for hydroxylation is 1. The summed E-state index contributed by atoms with van der Waals surface area (Å²) in [5.41, 5.74) is 0.340. The molecule has 3 heteroatoms. The first-order valence-electron chi connectivity index (χ1n) is 6.16. The Hall–Kier alpha value is -0.930. The first-order valence-corrected chi connectivity index (χ1v) is 6.16. The Bertz CT molecular complexity index is 405. The van der Waals surface area contributed by atoms with Gasteiger partial charge in [0.05, 0.1) is 18.3 Å². The van der Waals surface area contributed by atoms with Gasteiger partial charge < -0.3 is 9.84 Å². The number of halogens is 1. The summed E-state index contributed by atoms with van der Waals surface area (Å²) in [7, 11) is 0. The Morgan fingerprint density at radius 2 is 2.29 bits per heavy atom. The molecule has 1 saturated heterocycles. The highest BCUT2D eigenvalue weighted by Crippen LogP contribution is 2.36. The molecule has 2 nitrogen and oxygen atoms in total. The molecule has 0 aliphatic carbocycles. The third kappa shape index (κ3) is 2.50. The molecule has 0 spiro atoms. The minimum atomic E-state index is -0.937. The summed E-state index contributed by atoms with van der Waals surface area (Å²) in [5, 5.41) is 10.6. The van der Waals surface area contributed by atoms with Crippen molar-refractivity contribution in [3.05, 3.63) is 35.1 Å². The molecule has 0 saturated carbocycles. The first kappa shape index (κ1) is 12.5. The van der Waals surface area contributed by atoms with Crippen molar-refractivity contribution in [1.29, 1.82) is 0 Å². The van der Waals surface area contributed by atoms with Gasteiger partial charge >= 0.3 is 0 Å². The Morgan fingerprint density at radius 3 is 2.94 bits per heavy atom. The smallest absolute Gasteiger partial charge is 0.126 e. The van der Waals surface area contributed by atoms with Crippen LogP contribution >= 0.6 is 0 Å². The molecular formula is C14H19FO2. The zero-order valence-electron chi connectivity index (χ0n) is 10.4. The van der Waals surface area contributed by atoms with Crippen molar-refractivity contribution in [2.45, 2.75) is 44.8 Å². The third-order valence-electron chi connectivity index (χ3n) is 3.60. The molecule has 1 aromatic rings. The van der Waals surface area contributed by atoms with Crippen LogP contribution in [0.25, 0.3) is 0 Å². The molecule has 0 bridgehead atoms. The molecule has 1 aliphatic heterocycles.